The summed E-state index contributed by atoms with van der Waals surface area (Å²) in [4.78, 5) is 4.10. The zero-order valence-electron chi connectivity index (χ0n) is 20.1. The summed E-state index contributed by atoms with van der Waals surface area (Å²) in [5.74, 6) is -0.0488. The number of rotatable bonds is 5. The van der Waals surface area contributed by atoms with Gasteiger partial charge in [0.25, 0.3) is 0 Å². The summed E-state index contributed by atoms with van der Waals surface area (Å²) in [5.41, 5.74) is -3.53. The number of aryl methyl sites for hydroxylation is 1. The van der Waals surface area contributed by atoms with E-state index in [9.17, 15) is 31.4 Å². The number of aromatic nitrogens is 4. The first-order valence-corrected chi connectivity index (χ1v) is 11.4. The quantitative estimate of drug-likeness (QED) is 0.474. The van der Waals surface area contributed by atoms with Crippen molar-refractivity contribution < 1.29 is 36.2 Å². The topological polar surface area (TPSA) is 77.1 Å². The number of halogens is 6. The molecule has 1 aromatic carbocycles. The Bertz CT molecular complexity index is 1250. The van der Waals surface area contributed by atoms with Crippen LogP contribution in [0.3, 0.4) is 0 Å². The van der Waals surface area contributed by atoms with Crippen LogP contribution < -0.4 is 10.1 Å². The fraction of sp³-hybridized carbons (Fsp3) is 0.565. The smallest absolute Gasteiger partial charge is 0.435 e. The molecule has 0 saturated carbocycles. The molecule has 2 aromatic heterocycles. The number of alkyl halides is 6. The summed E-state index contributed by atoms with van der Waals surface area (Å²) >= 11 is 0. The number of hydrogen-bond acceptors (Lipinski definition) is 5. The summed E-state index contributed by atoms with van der Waals surface area (Å²) in [6.45, 7) is 5.14. The van der Waals surface area contributed by atoms with E-state index < -0.39 is 35.3 Å². The van der Waals surface area contributed by atoms with Gasteiger partial charge in [-0.3, -0.25) is 4.68 Å². The van der Waals surface area contributed by atoms with E-state index in [0.717, 1.165) is 16.8 Å². The molecule has 1 aliphatic rings. The SMILES string of the molecule is CC(C)n1cnc2cc(OC[C@@H]3C[C@](O)(c4cc(C(F)(F)F)nn4C)C[C@H](C)N3)cc(C(F)(F)F)c21. The second-order valence-corrected chi connectivity index (χ2v) is 9.63. The van der Waals surface area contributed by atoms with Gasteiger partial charge in [0.1, 0.15) is 18.0 Å². The van der Waals surface area contributed by atoms with Crippen molar-refractivity contribution >= 4 is 11.0 Å². The molecule has 0 spiro atoms. The summed E-state index contributed by atoms with van der Waals surface area (Å²) in [6, 6.07) is 2.05. The average Bonchev–Trinajstić information content (AvgIpc) is 3.34. The van der Waals surface area contributed by atoms with Crippen molar-refractivity contribution in [2.24, 2.45) is 7.05 Å². The Morgan fingerprint density at radius 3 is 2.42 bits per heavy atom. The number of fused-ring (bicyclic) bond motifs is 1. The molecule has 1 fully saturated rings. The molecule has 0 radical (unpaired) electrons. The van der Waals surface area contributed by atoms with Crippen molar-refractivity contribution in [3.63, 3.8) is 0 Å². The molecule has 36 heavy (non-hydrogen) atoms. The molecule has 3 aromatic rings. The number of piperidine rings is 1. The van der Waals surface area contributed by atoms with Gasteiger partial charge in [-0.05, 0) is 39.3 Å². The van der Waals surface area contributed by atoms with Crippen LogP contribution in [0, 0.1) is 0 Å². The van der Waals surface area contributed by atoms with Crippen LogP contribution in [-0.4, -0.2) is 43.1 Å². The maximum atomic E-state index is 13.8. The van der Waals surface area contributed by atoms with Gasteiger partial charge in [-0.1, -0.05) is 0 Å². The lowest BCUT2D eigenvalue weighted by molar-refractivity contribution is -0.141. The van der Waals surface area contributed by atoms with E-state index >= 15 is 0 Å². The summed E-state index contributed by atoms with van der Waals surface area (Å²) in [5, 5.41) is 18.0. The molecule has 0 bridgehead atoms. The summed E-state index contributed by atoms with van der Waals surface area (Å²) in [6.07, 6.45) is -7.85. The fourth-order valence-electron chi connectivity index (χ4n) is 4.91. The number of nitrogens with one attached hydrogen (secondary N) is 1. The Morgan fingerprint density at radius 1 is 1.14 bits per heavy atom. The maximum absolute atomic E-state index is 13.8. The largest absolute Gasteiger partial charge is 0.492 e. The number of nitrogens with zero attached hydrogens (tertiary/aromatic N) is 4. The molecule has 198 valence electrons. The normalized spacial score (nSPS) is 23.6. The molecule has 4 rings (SSSR count). The van der Waals surface area contributed by atoms with E-state index in [1.807, 2.05) is 0 Å². The van der Waals surface area contributed by atoms with Crippen molar-refractivity contribution in [1.29, 1.82) is 0 Å². The van der Waals surface area contributed by atoms with Crippen LogP contribution in [0.25, 0.3) is 11.0 Å². The predicted molar refractivity (Wildman–Crippen MR) is 118 cm³/mol. The lowest BCUT2D eigenvalue weighted by Gasteiger charge is -2.40. The molecule has 0 amide bonds. The van der Waals surface area contributed by atoms with Gasteiger partial charge in [0.2, 0.25) is 0 Å². The zero-order chi connectivity index (χ0) is 26.6. The number of benzene rings is 1. The number of hydrogen-bond donors (Lipinski definition) is 2. The number of imidazole rings is 1. The fourth-order valence-corrected chi connectivity index (χ4v) is 4.91. The second-order valence-electron chi connectivity index (χ2n) is 9.63. The molecule has 0 aliphatic carbocycles. The molecular formula is C23H27F6N5O2. The molecule has 1 aliphatic heterocycles. The summed E-state index contributed by atoms with van der Waals surface area (Å²) in [7, 11) is 1.32. The highest BCUT2D eigenvalue weighted by molar-refractivity contribution is 5.81. The van der Waals surface area contributed by atoms with E-state index in [-0.39, 0.29) is 54.0 Å². The van der Waals surface area contributed by atoms with E-state index in [1.165, 1.54) is 24.0 Å². The van der Waals surface area contributed by atoms with Crippen molar-refractivity contribution in [2.45, 2.75) is 69.7 Å². The standard InChI is InChI=1S/C23H27F6N5O2/c1-12(2)34-11-30-17-6-15(5-16(20(17)34)22(24,25)26)36-10-14-9-21(35,8-13(3)31-14)19-7-18(23(27,28)29)32-33(19)4/h5-7,11-14,31,35H,8-10H2,1-4H3/t13-,14-,21-/m0/s1. The van der Waals surface area contributed by atoms with Crippen LogP contribution in [0.4, 0.5) is 26.3 Å². The van der Waals surface area contributed by atoms with Gasteiger partial charge in [0.05, 0.1) is 28.6 Å². The minimum atomic E-state index is -4.66. The van der Waals surface area contributed by atoms with Gasteiger partial charge in [-0.2, -0.15) is 31.4 Å². The summed E-state index contributed by atoms with van der Waals surface area (Å²) < 4.78 is 89.1. The third-order valence-corrected chi connectivity index (χ3v) is 6.35. The third kappa shape index (κ3) is 5.03. The first kappa shape index (κ1) is 26.3. The highest BCUT2D eigenvalue weighted by Crippen LogP contribution is 2.40. The average molecular weight is 519 g/mol. The molecule has 1 saturated heterocycles. The number of aliphatic hydroxyl groups is 1. The number of ether oxygens (including phenoxy) is 1. The van der Waals surface area contributed by atoms with Gasteiger partial charge in [0, 0.05) is 37.7 Å². The second kappa shape index (κ2) is 8.94. The first-order valence-electron chi connectivity index (χ1n) is 11.4. The van der Waals surface area contributed by atoms with E-state index in [0.29, 0.717) is 0 Å². The van der Waals surface area contributed by atoms with Gasteiger partial charge in [0.15, 0.2) is 5.69 Å². The first-order chi connectivity index (χ1) is 16.6. The molecule has 3 heterocycles. The minimum absolute atomic E-state index is 0.00757. The van der Waals surface area contributed by atoms with Crippen LogP contribution in [0.2, 0.25) is 0 Å². The predicted octanol–water partition coefficient (Wildman–Crippen LogP) is 4.80. The van der Waals surface area contributed by atoms with Crippen molar-refractivity contribution in [2.75, 3.05) is 6.61 Å². The van der Waals surface area contributed by atoms with Crippen molar-refractivity contribution in [1.82, 2.24) is 24.6 Å². The van der Waals surface area contributed by atoms with Gasteiger partial charge in [-0.15, -0.1) is 0 Å². The molecule has 3 atom stereocenters. The van der Waals surface area contributed by atoms with Crippen LogP contribution in [0.5, 0.6) is 5.75 Å². The van der Waals surface area contributed by atoms with Crippen molar-refractivity contribution in [3.8, 4) is 5.75 Å². The third-order valence-electron chi connectivity index (χ3n) is 6.35. The lowest BCUT2D eigenvalue weighted by atomic mass is 9.81. The Hall–Kier alpha value is -2.80. The van der Waals surface area contributed by atoms with Crippen LogP contribution in [-0.2, 0) is 25.0 Å². The maximum Gasteiger partial charge on any atom is 0.435 e. The highest BCUT2D eigenvalue weighted by Gasteiger charge is 2.44. The van der Waals surface area contributed by atoms with Crippen molar-refractivity contribution in [3.05, 3.63) is 41.5 Å². The molecule has 7 nitrogen and oxygen atoms in total. The van der Waals surface area contributed by atoms with Gasteiger partial charge < -0.3 is 19.7 Å². The van der Waals surface area contributed by atoms with E-state index in [2.05, 4.69) is 15.4 Å². The molecular weight excluding hydrogens is 492 g/mol. The Morgan fingerprint density at radius 2 is 1.83 bits per heavy atom. The Kier molecular flexibility index (Phi) is 6.53. The van der Waals surface area contributed by atoms with Gasteiger partial charge in [-0.25, -0.2) is 4.98 Å². The molecule has 2 N–H and O–H groups in total. The minimum Gasteiger partial charge on any atom is -0.492 e. The van der Waals surface area contributed by atoms with Crippen LogP contribution in [0.1, 0.15) is 56.6 Å². The molecule has 13 heteroatoms. The lowest BCUT2D eigenvalue weighted by Crippen LogP contribution is -2.53. The van der Waals surface area contributed by atoms with E-state index in [1.54, 1.807) is 20.8 Å². The van der Waals surface area contributed by atoms with Crippen LogP contribution >= 0.6 is 0 Å². The van der Waals surface area contributed by atoms with E-state index in [4.69, 9.17) is 4.74 Å². The van der Waals surface area contributed by atoms with Gasteiger partial charge >= 0.3 is 12.4 Å². The monoisotopic (exact) mass is 519 g/mol. The van der Waals surface area contributed by atoms with Crippen LogP contribution in [0.15, 0.2) is 24.5 Å². The zero-order valence-corrected chi connectivity index (χ0v) is 20.1. The Labute approximate surface area is 203 Å². The molecule has 0 unspecified atom stereocenters. The highest BCUT2D eigenvalue weighted by atomic mass is 19.4. The Balaban J connectivity index is 1.58.